The quantitative estimate of drug-likeness (QED) is 0.168. The zero-order valence-corrected chi connectivity index (χ0v) is 33.5. The minimum absolute atomic E-state index is 0.675. The standard InChI is InChI=1S/C56H36N6/c1-4-19-37(20-5-1)55-57-56(38-21-6-2-7-22-38)62(58-55)51-34-18-28-42-40-25-11-14-30-46(40)61(53(42)51)49-33-17-16-32-48(49)60-47-31-15-12-27-44(47)52-50(60)36-35-43-41-26-10-13-29-45(41)59(54(43)52)39-23-8-3-9-24-39/h1-36H. The molecule has 0 aliphatic heterocycles. The Hall–Kier alpha value is -8.48. The predicted octanol–water partition coefficient (Wildman–Crippen LogP) is 13.9. The molecule has 0 unspecified atom stereocenters. The van der Waals surface area contributed by atoms with E-state index in [4.69, 9.17) is 10.1 Å². The Bertz CT molecular complexity index is 3850. The second-order valence-corrected chi connectivity index (χ2v) is 15.8. The Morgan fingerprint density at radius 3 is 1.50 bits per heavy atom. The van der Waals surface area contributed by atoms with Gasteiger partial charge in [0.15, 0.2) is 11.6 Å². The van der Waals surface area contributed by atoms with E-state index in [1.165, 1.54) is 38.0 Å². The van der Waals surface area contributed by atoms with Gasteiger partial charge in [0.1, 0.15) is 0 Å². The van der Waals surface area contributed by atoms with Gasteiger partial charge in [-0.15, -0.1) is 5.10 Å². The van der Waals surface area contributed by atoms with E-state index < -0.39 is 0 Å². The fourth-order valence-corrected chi connectivity index (χ4v) is 9.84. The maximum absolute atomic E-state index is 5.30. The molecule has 0 atom stereocenters. The maximum Gasteiger partial charge on any atom is 0.182 e. The van der Waals surface area contributed by atoms with Crippen molar-refractivity contribution in [2.75, 3.05) is 0 Å². The van der Waals surface area contributed by atoms with Crippen LogP contribution in [-0.2, 0) is 0 Å². The largest absolute Gasteiger partial charge is 0.309 e. The summed E-state index contributed by atoms with van der Waals surface area (Å²) in [4.78, 5) is 5.22. The molecule has 0 aliphatic rings. The van der Waals surface area contributed by atoms with Crippen molar-refractivity contribution in [3.8, 4) is 45.5 Å². The van der Waals surface area contributed by atoms with Gasteiger partial charge in [-0.25, -0.2) is 9.67 Å². The van der Waals surface area contributed by atoms with E-state index in [9.17, 15) is 0 Å². The fourth-order valence-electron chi connectivity index (χ4n) is 9.84. The lowest BCUT2D eigenvalue weighted by atomic mass is 10.1. The molecule has 6 heteroatoms. The van der Waals surface area contributed by atoms with Crippen LogP contribution in [0.15, 0.2) is 218 Å². The van der Waals surface area contributed by atoms with Crippen LogP contribution in [0.5, 0.6) is 0 Å². The summed E-state index contributed by atoms with van der Waals surface area (Å²) in [7, 11) is 0. The minimum atomic E-state index is 0.675. The van der Waals surface area contributed by atoms with Crippen LogP contribution in [-0.4, -0.2) is 28.5 Å². The predicted molar refractivity (Wildman–Crippen MR) is 255 cm³/mol. The molecule has 6 nitrogen and oxygen atoms in total. The number of nitrogens with zero attached hydrogens (tertiary/aromatic N) is 6. The first-order valence-electron chi connectivity index (χ1n) is 21.0. The van der Waals surface area contributed by atoms with E-state index in [-0.39, 0.29) is 0 Å². The second-order valence-electron chi connectivity index (χ2n) is 15.8. The third kappa shape index (κ3) is 4.98. The van der Waals surface area contributed by atoms with Gasteiger partial charge in [0, 0.05) is 49.1 Å². The van der Waals surface area contributed by atoms with E-state index in [0.29, 0.717) is 5.82 Å². The summed E-state index contributed by atoms with van der Waals surface area (Å²) in [5.74, 6) is 1.45. The van der Waals surface area contributed by atoms with Crippen LogP contribution in [0, 0.1) is 0 Å². The molecule has 0 saturated heterocycles. The van der Waals surface area contributed by atoms with E-state index in [1.54, 1.807) is 0 Å². The Labute approximate surface area is 356 Å². The summed E-state index contributed by atoms with van der Waals surface area (Å²) < 4.78 is 9.39. The van der Waals surface area contributed by atoms with Crippen molar-refractivity contribution in [3.05, 3.63) is 218 Å². The lowest BCUT2D eigenvalue weighted by Gasteiger charge is -2.18. The summed E-state index contributed by atoms with van der Waals surface area (Å²) in [5, 5.41) is 12.5. The lowest BCUT2D eigenvalue weighted by Crippen LogP contribution is -2.06. The maximum atomic E-state index is 5.30. The number of rotatable bonds is 6. The summed E-state index contributed by atoms with van der Waals surface area (Å²) >= 11 is 0. The van der Waals surface area contributed by atoms with Gasteiger partial charge in [0.25, 0.3) is 0 Å². The van der Waals surface area contributed by atoms with Gasteiger partial charge in [-0.1, -0.05) is 164 Å². The Kier molecular flexibility index (Phi) is 7.50. The molecule has 290 valence electrons. The summed E-state index contributed by atoms with van der Waals surface area (Å²) in [6.07, 6.45) is 0. The zero-order chi connectivity index (χ0) is 40.7. The molecule has 13 aromatic rings. The van der Waals surface area contributed by atoms with Crippen molar-refractivity contribution < 1.29 is 0 Å². The van der Waals surface area contributed by atoms with Crippen LogP contribution in [0.3, 0.4) is 0 Å². The van der Waals surface area contributed by atoms with Crippen molar-refractivity contribution >= 4 is 65.4 Å². The molecule has 0 fully saturated rings. The van der Waals surface area contributed by atoms with E-state index in [0.717, 1.165) is 67.2 Å². The van der Waals surface area contributed by atoms with Crippen molar-refractivity contribution in [1.29, 1.82) is 0 Å². The van der Waals surface area contributed by atoms with Gasteiger partial charge >= 0.3 is 0 Å². The third-order valence-corrected chi connectivity index (χ3v) is 12.4. The third-order valence-electron chi connectivity index (χ3n) is 12.4. The molecule has 62 heavy (non-hydrogen) atoms. The molecule has 0 radical (unpaired) electrons. The normalized spacial score (nSPS) is 11.9. The van der Waals surface area contributed by atoms with Gasteiger partial charge in [0.05, 0.1) is 50.2 Å². The fraction of sp³-hybridized carbons (Fsp3) is 0. The molecular weight excluding hydrogens is 757 g/mol. The molecule has 0 bridgehead atoms. The van der Waals surface area contributed by atoms with Gasteiger partial charge in [-0.2, -0.15) is 0 Å². The monoisotopic (exact) mass is 792 g/mol. The van der Waals surface area contributed by atoms with Crippen LogP contribution < -0.4 is 0 Å². The van der Waals surface area contributed by atoms with Crippen molar-refractivity contribution in [3.63, 3.8) is 0 Å². The van der Waals surface area contributed by atoms with Crippen LogP contribution in [0.25, 0.3) is 111 Å². The number of hydrogen-bond donors (Lipinski definition) is 0. The first kappa shape index (κ1) is 34.4. The summed E-state index contributed by atoms with van der Waals surface area (Å²) in [5.41, 5.74) is 13.0. The smallest absolute Gasteiger partial charge is 0.182 e. The molecular formula is C56H36N6. The zero-order valence-electron chi connectivity index (χ0n) is 33.5. The first-order valence-corrected chi connectivity index (χ1v) is 21.0. The molecule has 0 saturated carbocycles. The molecule has 0 amide bonds. The molecule has 0 spiro atoms. The van der Waals surface area contributed by atoms with Crippen molar-refractivity contribution in [2.24, 2.45) is 0 Å². The Morgan fingerprint density at radius 1 is 0.306 bits per heavy atom. The Balaban J connectivity index is 1.14. The number of fused-ring (bicyclic) bond motifs is 10. The van der Waals surface area contributed by atoms with Crippen molar-refractivity contribution in [1.82, 2.24) is 28.5 Å². The van der Waals surface area contributed by atoms with Crippen molar-refractivity contribution in [2.45, 2.75) is 0 Å². The highest BCUT2D eigenvalue weighted by atomic mass is 15.4. The van der Waals surface area contributed by atoms with Gasteiger partial charge in [-0.05, 0) is 54.6 Å². The van der Waals surface area contributed by atoms with E-state index in [1.807, 2.05) is 28.9 Å². The molecule has 4 aromatic heterocycles. The van der Waals surface area contributed by atoms with Crippen LogP contribution in [0.4, 0.5) is 0 Å². The molecule has 9 aromatic carbocycles. The minimum Gasteiger partial charge on any atom is -0.309 e. The molecule has 0 N–H and O–H groups in total. The average Bonchev–Trinajstić information content (AvgIpc) is 4.11. The number of benzene rings is 9. The summed E-state index contributed by atoms with van der Waals surface area (Å²) in [6, 6.07) is 77.8. The second kappa shape index (κ2) is 13.5. The molecule has 13 rings (SSSR count). The van der Waals surface area contributed by atoms with E-state index >= 15 is 0 Å². The van der Waals surface area contributed by atoms with Crippen LogP contribution >= 0.6 is 0 Å². The Morgan fingerprint density at radius 2 is 0.806 bits per heavy atom. The summed E-state index contributed by atoms with van der Waals surface area (Å²) in [6.45, 7) is 0. The average molecular weight is 793 g/mol. The highest BCUT2D eigenvalue weighted by molar-refractivity contribution is 6.26. The topological polar surface area (TPSA) is 45.5 Å². The number of para-hydroxylation sites is 7. The van der Waals surface area contributed by atoms with Gasteiger partial charge < -0.3 is 13.7 Å². The van der Waals surface area contributed by atoms with E-state index in [2.05, 4.69) is 208 Å². The highest BCUT2D eigenvalue weighted by Gasteiger charge is 2.25. The highest BCUT2D eigenvalue weighted by Crippen LogP contribution is 2.44. The molecule has 4 heterocycles. The number of aromatic nitrogens is 6. The lowest BCUT2D eigenvalue weighted by molar-refractivity contribution is 0.892. The van der Waals surface area contributed by atoms with Gasteiger partial charge in [-0.3, -0.25) is 0 Å². The van der Waals surface area contributed by atoms with Gasteiger partial charge in [0.2, 0.25) is 0 Å². The van der Waals surface area contributed by atoms with Crippen LogP contribution in [0.2, 0.25) is 0 Å². The molecule has 0 aliphatic carbocycles. The van der Waals surface area contributed by atoms with Crippen LogP contribution in [0.1, 0.15) is 0 Å². The SMILES string of the molecule is c1ccc(-c2nc(-c3ccccc3)n(-c3cccc4c5ccccc5n(-c5ccccc5-n5c6ccccc6c6c5ccc5c7ccccc7n(-c7ccccc7)c56)c34)n2)cc1. The number of hydrogen-bond acceptors (Lipinski definition) is 2. The first-order chi connectivity index (χ1) is 30.8.